The first-order valence-corrected chi connectivity index (χ1v) is 7.39. The van der Waals surface area contributed by atoms with Crippen molar-refractivity contribution in [1.29, 1.82) is 0 Å². The van der Waals surface area contributed by atoms with Gasteiger partial charge in [0.15, 0.2) is 11.6 Å². The molecule has 0 bridgehead atoms. The molecule has 0 saturated carbocycles. The van der Waals surface area contributed by atoms with Crippen LogP contribution in [0.3, 0.4) is 0 Å². The maximum absolute atomic E-state index is 13.1. The van der Waals surface area contributed by atoms with Crippen molar-refractivity contribution in [2.24, 2.45) is 0 Å². The number of benzene rings is 1. The van der Waals surface area contributed by atoms with Crippen molar-refractivity contribution in [3.8, 4) is 0 Å². The average molecular weight is 367 g/mol. The van der Waals surface area contributed by atoms with E-state index in [-0.39, 0.29) is 29.3 Å². The van der Waals surface area contributed by atoms with Crippen LogP contribution in [0.2, 0.25) is 0 Å². The molecule has 0 aliphatic rings. The number of hydrogen-bond donors (Lipinski definition) is 2. The van der Waals surface area contributed by atoms with E-state index in [1.807, 2.05) is 0 Å². The quantitative estimate of drug-likeness (QED) is 0.591. The predicted molar refractivity (Wildman–Crippen MR) is 86.4 cm³/mol. The lowest BCUT2D eigenvalue weighted by Gasteiger charge is -2.08. The van der Waals surface area contributed by atoms with Gasteiger partial charge in [0.05, 0.1) is 11.5 Å². The fourth-order valence-electron chi connectivity index (χ4n) is 2.26. The molecule has 2 rings (SSSR count). The normalized spacial score (nSPS) is 10.5. The Kier molecular flexibility index (Phi) is 5.60. The second-order valence-corrected chi connectivity index (χ2v) is 5.39. The number of hydrogen-bond acceptors (Lipinski definition) is 5. The minimum Gasteiger partial charge on any atom is -0.345 e. The summed E-state index contributed by atoms with van der Waals surface area (Å²) in [5.41, 5.74) is 0.261. The topological polar surface area (TPSA) is 119 Å². The lowest BCUT2D eigenvalue weighted by atomic mass is 10.3. The number of anilines is 1. The number of aromatic nitrogens is 2. The molecule has 0 radical (unpaired) electrons. The third kappa shape index (κ3) is 4.37. The zero-order chi connectivity index (χ0) is 19.4. The summed E-state index contributed by atoms with van der Waals surface area (Å²) in [5.74, 6) is -3.40. The molecule has 9 nitrogen and oxygen atoms in total. The molecule has 2 aromatic rings. The second-order valence-electron chi connectivity index (χ2n) is 5.39. The van der Waals surface area contributed by atoms with E-state index in [1.54, 1.807) is 0 Å². The molecule has 0 spiro atoms. The number of nitro groups is 1. The van der Waals surface area contributed by atoms with Crippen LogP contribution >= 0.6 is 0 Å². The monoisotopic (exact) mass is 367 g/mol. The lowest BCUT2D eigenvalue weighted by molar-refractivity contribution is -0.386. The summed E-state index contributed by atoms with van der Waals surface area (Å²) in [4.78, 5) is 33.9. The number of aryl methyl sites for hydroxylation is 1. The molecule has 1 aromatic carbocycles. The molecule has 0 unspecified atom stereocenters. The van der Waals surface area contributed by atoms with Crippen molar-refractivity contribution < 1.29 is 23.3 Å². The third-order valence-electron chi connectivity index (χ3n) is 3.47. The van der Waals surface area contributed by atoms with E-state index in [0.717, 1.165) is 16.8 Å². The second kappa shape index (κ2) is 7.68. The molecule has 1 heterocycles. The Hall–Kier alpha value is -3.37. The van der Waals surface area contributed by atoms with Gasteiger partial charge in [-0.05, 0) is 26.0 Å². The molecule has 0 saturated heterocycles. The molecule has 0 aliphatic heterocycles. The largest absolute Gasteiger partial charge is 0.345 e. The zero-order valence-electron chi connectivity index (χ0n) is 13.9. The van der Waals surface area contributed by atoms with E-state index in [0.29, 0.717) is 0 Å². The molecule has 1 aromatic heterocycles. The van der Waals surface area contributed by atoms with Crippen LogP contribution in [0.4, 0.5) is 20.2 Å². The molecular weight excluding hydrogens is 352 g/mol. The molecule has 0 atom stereocenters. The third-order valence-corrected chi connectivity index (χ3v) is 3.47. The van der Waals surface area contributed by atoms with Gasteiger partial charge >= 0.3 is 5.69 Å². The Balaban J connectivity index is 1.90. The minimum atomic E-state index is -1.11. The van der Waals surface area contributed by atoms with Crippen molar-refractivity contribution in [3.05, 3.63) is 51.3 Å². The molecule has 0 aliphatic carbocycles. The van der Waals surface area contributed by atoms with Gasteiger partial charge in [-0.15, -0.1) is 0 Å². The first-order chi connectivity index (χ1) is 12.2. The molecule has 2 amide bonds. The number of halogens is 2. The first-order valence-electron chi connectivity index (χ1n) is 7.39. The van der Waals surface area contributed by atoms with Crippen LogP contribution in [0, 0.1) is 35.6 Å². The van der Waals surface area contributed by atoms with Gasteiger partial charge in [-0.25, -0.2) is 8.78 Å². The van der Waals surface area contributed by atoms with Crippen molar-refractivity contribution >= 4 is 23.2 Å². The van der Waals surface area contributed by atoms with Gasteiger partial charge in [-0.3, -0.25) is 24.4 Å². The van der Waals surface area contributed by atoms with Crippen LogP contribution in [-0.4, -0.2) is 33.1 Å². The van der Waals surface area contributed by atoms with E-state index in [1.165, 1.54) is 19.9 Å². The Morgan fingerprint density at radius 2 is 1.92 bits per heavy atom. The average Bonchev–Trinajstić information content (AvgIpc) is 2.83. The Morgan fingerprint density at radius 3 is 2.50 bits per heavy atom. The van der Waals surface area contributed by atoms with Gasteiger partial charge < -0.3 is 10.6 Å². The van der Waals surface area contributed by atoms with Crippen LogP contribution in [0.25, 0.3) is 0 Å². The summed E-state index contributed by atoms with van der Waals surface area (Å²) in [6, 6.07) is 2.84. The number of rotatable bonds is 6. The van der Waals surface area contributed by atoms with Crippen LogP contribution in [0.1, 0.15) is 11.4 Å². The molecule has 0 fully saturated rings. The van der Waals surface area contributed by atoms with Crippen LogP contribution in [-0.2, 0) is 16.1 Å². The van der Waals surface area contributed by atoms with Gasteiger partial charge in [0.2, 0.25) is 11.8 Å². The molecule has 26 heavy (non-hydrogen) atoms. The number of nitrogens with zero attached hydrogens (tertiary/aromatic N) is 3. The highest BCUT2D eigenvalue weighted by molar-refractivity contribution is 5.94. The molecule has 138 valence electrons. The van der Waals surface area contributed by atoms with Gasteiger partial charge in [0.25, 0.3) is 0 Å². The number of amides is 2. The van der Waals surface area contributed by atoms with Gasteiger partial charge in [0, 0.05) is 11.8 Å². The Labute approximate surface area is 146 Å². The van der Waals surface area contributed by atoms with Gasteiger partial charge in [-0.2, -0.15) is 5.10 Å². The van der Waals surface area contributed by atoms with E-state index < -0.39 is 34.9 Å². The Morgan fingerprint density at radius 1 is 1.23 bits per heavy atom. The highest BCUT2D eigenvalue weighted by Gasteiger charge is 2.22. The van der Waals surface area contributed by atoms with Crippen molar-refractivity contribution in [3.63, 3.8) is 0 Å². The summed E-state index contributed by atoms with van der Waals surface area (Å²) in [6.45, 7) is 2.19. The Bertz CT molecular complexity index is 881. The highest BCUT2D eigenvalue weighted by Crippen LogP contribution is 2.21. The highest BCUT2D eigenvalue weighted by atomic mass is 19.2. The van der Waals surface area contributed by atoms with Crippen LogP contribution < -0.4 is 10.6 Å². The van der Waals surface area contributed by atoms with Gasteiger partial charge in [-0.1, -0.05) is 0 Å². The van der Waals surface area contributed by atoms with Crippen molar-refractivity contribution in [2.45, 2.75) is 20.4 Å². The van der Waals surface area contributed by atoms with E-state index in [4.69, 9.17) is 0 Å². The maximum atomic E-state index is 13.1. The van der Waals surface area contributed by atoms with Gasteiger partial charge in [0.1, 0.15) is 17.9 Å². The zero-order valence-corrected chi connectivity index (χ0v) is 13.9. The van der Waals surface area contributed by atoms with E-state index in [2.05, 4.69) is 15.7 Å². The number of nitrogens with one attached hydrogen (secondary N) is 2. The maximum Gasteiger partial charge on any atom is 0.312 e. The number of carbonyl (C=O) groups excluding carboxylic acids is 2. The predicted octanol–water partition coefficient (Wildman–Crippen LogP) is 1.44. The fraction of sp³-hybridized carbons (Fsp3) is 0.267. The molecular formula is C15H15F2N5O4. The van der Waals surface area contributed by atoms with Crippen molar-refractivity contribution in [2.75, 3.05) is 11.9 Å². The summed E-state index contributed by atoms with van der Waals surface area (Å²) in [6.07, 6.45) is 0. The summed E-state index contributed by atoms with van der Waals surface area (Å²) in [5, 5.41) is 19.5. The van der Waals surface area contributed by atoms with Crippen LogP contribution in [0.5, 0.6) is 0 Å². The SMILES string of the molecule is Cc1nn(CC(=O)NCC(=O)Nc2ccc(F)c(F)c2)c(C)c1[N+](=O)[O-]. The molecule has 11 heteroatoms. The number of carbonyl (C=O) groups is 2. The minimum absolute atomic E-state index is 0.0392. The standard InChI is InChI=1S/C15H15F2N5O4/c1-8-15(22(25)26)9(2)21(20-8)7-14(24)18-6-13(23)19-10-3-4-11(16)12(17)5-10/h3-5H,6-7H2,1-2H3,(H,18,24)(H,19,23). The first kappa shape index (κ1) is 19.0. The fourth-order valence-corrected chi connectivity index (χ4v) is 2.26. The van der Waals surface area contributed by atoms with Crippen molar-refractivity contribution in [1.82, 2.24) is 15.1 Å². The van der Waals surface area contributed by atoms with E-state index >= 15 is 0 Å². The smallest absolute Gasteiger partial charge is 0.312 e. The summed E-state index contributed by atoms with van der Waals surface area (Å²) < 4.78 is 27.0. The molecule has 2 N–H and O–H groups in total. The summed E-state index contributed by atoms with van der Waals surface area (Å²) >= 11 is 0. The lowest BCUT2D eigenvalue weighted by Crippen LogP contribution is -2.35. The van der Waals surface area contributed by atoms with E-state index in [9.17, 15) is 28.5 Å². The van der Waals surface area contributed by atoms with Crippen LogP contribution in [0.15, 0.2) is 18.2 Å². The summed E-state index contributed by atoms with van der Waals surface area (Å²) in [7, 11) is 0.